The number of aliphatic hydroxyl groups is 1. The predicted octanol–water partition coefficient (Wildman–Crippen LogP) is 3.23. The lowest BCUT2D eigenvalue weighted by Crippen LogP contribution is -2.36. The van der Waals surface area contributed by atoms with Crippen molar-refractivity contribution in [3.05, 3.63) is 34.3 Å². The van der Waals surface area contributed by atoms with E-state index in [-0.39, 0.29) is 18.4 Å². The SMILES string of the molecule is Cc1ccc([C@H](N)[C@H](O)C2CCC2)cc1Cl.Cl. The second-order valence-corrected chi connectivity index (χ2v) is 5.12. The molecule has 17 heavy (non-hydrogen) atoms. The number of aliphatic hydroxyl groups excluding tert-OH is 1. The summed E-state index contributed by atoms with van der Waals surface area (Å²) in [6.45, 7) is 1.96. The molecule has 2 atom stereocenters. The minimum absolute atomic E-state index is 0. The van der Waals surface area contributed by atoms with Crippen LogP contribution in [-0.2, 0) is 0 Å². The van der Waals surface area contributed by atoms with Crippen LogP contribution in [0.4, 0.5) is 0 Å². The molecule has 3 N–H and O–H groups in total. The van der Waals surface area contributed by atoms with E-state index in [4.69, 9.17) is 17.3 Å². The Morgan fingerprint density at radius 1 is 1.41 bits per heavy atom. The number of rotatable bonds is 3. The topological polar surface area (TPSA) is 46.2 Å². The lowest BCUT2D eigenvalue weighted by molar-refractivity contribution is 0.0414. The molecule has 1 aliphatic carbocycles. The molecule has 0 bridgehead atoms. The van der Waals surface area contributed by atoms with Crippen LogP contribution in [0.5, 0.6) is 0 Å². The molecule has 1 aromatic carbocycles. The molecule has 0 radical (unpaired) electrons. The van der Waals surface area contributed by atoms with Crippen LogP contribution in [0, 0.1) is 12.8 Å². The third-order valence-electron chi connectivity index (χ3n) is 3.58. The molecular weight excluding hydrogens is 257 g/mol. The molecule has 2 nitrogen and oxygen atoms in total. The van der Waals surface area contributed by atoms with Crippen LogP contribution in [-0.4, -0.2) is 11.2 Å². The first-order valence-corrected chi connectivity index (χ1v) is 6.17. The smallest absolute Gasteiger partial charge is 0.0760 e. The van der Waals surface area contributed by atoms with E-state index in [2.05, 4.69) is 0 Å². The maximum Gasteiger partial charge on any atom is 0.0760 e. The quantitative estimate of drug-likeness (QED) is 0.890. The lowest BCUT2D eigenvalue weighted by Gasteiger charge is -2.33. The van der Waals surface area contributed by atoms with Gasteiger partial charge < -0.3 is 10.8 Å². The van der Waals surface area contributed by atoms with Crippen LogP contribution in [0.2, 0.25) is 5.02 Å². The number of benzene rings is 1. The zero-order chi connectivity index (χ0) is 11.7. The van der Waals surface area contributed by atoms with Crippen molar-refractivity contribution in [2.24, 2.45) is 11.7 Å². The molecule has 0 unspecified atom stereocenters. The molecule has 2 rings (SSSR count). The highest BCUT2D eigenvalue weighted by Gasteiger charge is 2.30. The van der Waals surface area contributed by atoms with E-state index < -0.39 is 6.10 Å². The fourth-order valence-electron chi connectivity index (χ4n) is 2.09. The summed E-state index contributed by atoms with van der Waals surface area (Å²) in [4.78, 5) is 0. The van der Waals surface area contributed by atoms with Crippen LogP contribution in [0.25, 0.3) is 0 Å². The molecule has 0 amide bonds. The summed E-state index contributed by atoms with van der Waals surface area (Å²) in [6, 6.07) is 5.45. The summed E-state index contributed by atoms with van der Waals surface area (Å²) in [5, 5.41) is 10.8. The van der Waals surface area contributed by atoms with Gasteiger partial charge in [0.05, 0.1) is 12.1 Å². The number of halogens is 2. The van der Waals surface area contributed by atoms with Gasteiger partial charge in [0.15, 0.2) is 0 Å². The minimum atomic E-state index is -0.437. The van der Waals surface area contributed by atoms with Crippen molar-refractivity contribution in [3.8, 4) is 0 Å². The molecule has 4 heteroatoms. The van der Waals surface area contributed by atoms with Crippen molar-refractivity contribution in [2.75, 3.05) is 0 Å². The average molecular weight is 276 g/mol. The molecule has 0 aliphatic heterocycles. The first-order chi connectivity index (χ1) is 7.59. The highest BCUT2D eigenvalue weighted by molar-refractivity contribution is 6.31. The normalized spacial score (nSPS) is 19.1. The second-order valence-electron chi connectivity index (χ2n) is 4.72. The zero-order valence-corrected chi connectivity index (χ0v) is 11.5. The van der Waals surface area contributed by atoms with Crippen molar-refractivity contribution in [1.29, 1.82) is 0 Å². The molecule has 1 saturated carbocycles. The molecule has 96 valence electrons. The molecule has 0 spiro atoms. The van der Waals surface area contributed by atoms with E-state index in [1.165, 1.54) is 6.42 Å². The van der Waals surface area contributed by atoms with Gasteiger partial charge in [-0.25, -0.2) is 0 Å². The minimum Gasteiger partial charge on any atom is -0.391 e. The first-order valence-electron chi connectivity index (χ1n) is 5.79. The third-order valence-corrected chi connectivity index (χ3v) is 3.99. The molecular formula is C13H19Cl2NO. The molecule has 0 heterocycles. The Morgan fingerprint density at radius 3 is 2.53 bits per heavy atom. The Kier molecular flexibility index (Phi) is 5.26. The van der Waals surface area contributed by atoms with Gasteiger partial charge in [0, 0.05) is 5.02 Å². The Hall–Kier alpha value is -0.280. The van der Waals surface area contributed by atoms with E-state index in [1.807, 2.05) is 25.1 Å². The molecule has 1 aliphatic rings. The average Bonchev–Trinajstić information content (AvgIpc) is 2.18. The Balaban J connectivity index is 0.00000144. The first kappa shape index (κ1) is 14.8. The van der Waals surface area contributed by atoms with Crippen molar-refractivity contribution >= 4 is 24.0 Å². The van der Waals surface area contributed by atoms with Gasteiger partial charge in [-0.1, -0.05) is 30.2 Å². The van der Waals surface area contributed by atoms with Crippen LogP contribution in [0.15, 0.2) is 18.2 Å². The molecule has 1 aromatic rings. The Bertz CT molecular complexity index is 380. The lowest BCUT2D eigenvalue weighted by atomic mass is 9.77. The summed E-state index contributed by atoms with van der Waals surface area (Å²) < 4.78 is 0. The van der Waals surface area contributed by atoms with Crippen molar-refractivity contribution in [1.82, 2.24) is 0 Å². The van der Waals surface area contributed by atoms with Gasteiger partial charge in [0.2, 0.25) is 0 Å². The molecule has 0 aromatic heterocycles. The van der Waals surface area contributed by atoms with E-state index in [9.17, 15) is 5.11 Å². The Labute approximate surface area is 114 Å². The van der Waals surface area contributed by atoms with Gasteiger partial charge in [-0.2, -0.15) is 0 Å². The van der Waals surface area contributed by atoms with E-state index >= 15 is 0 Å². The van der Waals surface area contributed by atoms with E-state index in [0.717, 1.165) is 24.0 Å². The van der Waals surface area contributed by atoms with Crippen molar-refractivity contribution < 1.29 is 5.11 Å². The predicted molar refractivity (Wildman–Crippen MR) is 73.7 cm³/mol. The van der Waals surface area contributed by atoms with Crippen molar-refractivity contribution in [2.45, 2.75) is 38.3 Å². The van der Waals surface area contributed by atoms with E-state index in [1.54, 1.807) is 0 Å². The highest BCUT2D eigenvalue weighted by Crippen LogP contribution is 2.34. The van der Waals surface area contributed by atoms with Gasteiger partial charge in [0.25, 0.3) is 0 Å². The van der Waals surface area contributed by atoms with Crippen LogP contribution < -0.4 is 5.73 Å². The fraction of sp³-hybridized carbons (Fsp3) is 0.538. The summed E-state index contributed by atoms with van der Waals surface area (Å²) >= 11 is 6.05. The monoisotopic (exact) mass is 275 g/mol. The third kappa shape index (κ3) is 3.14. The molecule has 0 saturated heterocycles. The second kappa shape index (κ2) is 6.05. The summed E-state index contributed by atoms with van der Waals surface area (Å²) in [5.74, 6) is 0.370. The standard InChI is InChI=1S/C13H18ClNO.ClH/c1-8-5-6-10(7-11(8)14)12(15)13(16)9-3-2-4-9;/h5-7,9,12-13,16H,2-4,15H2,1H3;1H/t12-,13+;/m0./s1. The summed E-state index contributed by atoms with van der Waals surface area (Å²) in [6.07, 6.45) is 2.96. The maximum atomic E-state index is 10.1. The van der Waals surface area contributed by atoms with Crippen LogP contribution in [0.1, 0.15) is 36.4 Å². The van der Waals surface area contributed by atoms with Gasteiger partial charge >= 0.3 is 0 Å². The zero-order valence-electron chi connectivity index (χ0n) is 9.90. The largest absolute Gasteiger partial charge is 0.391 e. The van der Waals surface area contributed by atoms with Gasteiger partial charge in [0.1, 0.15) is 0 Å². The summed E-state index contributed by atoms with van der Waals surface area (Å²) in [7, 11) is 0. The van der Waals surface area contributed by atoms with Crippen LogP contribution in [0.3, 0.4) is 0 Å². The van der Waals surface area contributed by atoms with Gasteiger partial charge in [-0.3, -0.25) is 0 Å². The number of hydrogen-bond donors (Lipinski definition) is 2. The molecule has 1 fully saturated rings. The van der Waals surface area contributed by atoms with Gasteiger partial charge in [-0.05, 0) is 42.9 Å². The van der Waals surface area contributed by atoms with E-state index in [0.29, 0.717) is 10.9 Å². The number of nitrogens with two attached hydrogens (primary N) is 1. The number of hydrogen-bond acceptors (Lipinski definition) is 2. The highest BCUT2D eigenvalue weighted by atomic mass is 35.5. The maximum absolute atomic E-state index is 10.1. The van der Waals surface area contributed by atoms with Crippen molar-refractivity contribution in [3.63, 3.8) is 0 Å². The van der Waals surface area contributed by atoms with Gasteiger partial charge in [-0.15, -0.1) is 12.4 Å². The Morgan fingerprint density at radius 2 is 2.06 bits per heavy atom. The van der Waals surface area contributed by atoms with Crippen LogP contribution >= 0.6 is 24.0 Å². The fourth-order valence-corrected chi connectivity index (χ4v) is 2.28. The summed E-state index contributed by atoms with van der Waals surface area (Å²) in [5.41, 5.74) is 8.02. The number of aryl methyl sites for hydroxylation is 1.